The summed E-state index contributed by atoms with van der Waals surface area (Å²) in [5.74, 6) is -0.517. The molecule has 0 saturated heterocycles. The molecule has 0 rings (SSSR count). The van der Waals surface area contributed by atoms with E-state index in [1.54, 1.807) is 0 Å². The van der Waals surface area contributed by atoms with Crippen molar-refractivity contribution in [3.63, 3.8) is 0 Å². The molecule has 0 radical (unpaired) electrons. The topological polar surface area (TPSA) is 95.9 Å². The first-order valence-electron chi connectivity index (χ1n) is 27.9. The van der Waals surface area contributed by atoms with Gasteiger partial charge in [0, 0.05) is 6.42 Å². The Bertz CT molecular complexity index is 1100. The summed E-state index contributed by atoms with van der Waals surface area (Å²) in [5.41, 5.74) is 0. The van der Waals surface area contributed by atoms with Gasteiger partial charge in [-0.3, -0.25) is 9.59 Å². The minimum absolute atomic E-state index is 0.0428. The van der Waals surface area contributed by atoms with Crippen LogP contribution in [0.5, 0.6) is 0 Å². The van der Waals surface area contributed by atoms with E-state index in [2.05, 4.69) is 74.7 Å². The number of hydrogen-bond donors (Lipinski definition) is 3. The molecule has 64 heavy (non-hydrogen) atoms. The second kappa shape index (κ2) is 51.8. The standard InChI is InChI=1S/C58H107NO5/c1-4-7-10-13-16-19-22-25-28-29-30-31-34-37-40-43-46-49-54(64-58(63)51-48-45-42-39-36-33-27-24-21-18-15-12-9-6-3)52-57(62)59-55(53-60)56(61)50-47-44-41-38-35-32-26-23-20-17-14-11-8-5-2/h16,19,25,28,30-31,37,40,54-56,60-61H,4-15,17-18,20-24,26-27,29,32-36,38-39,41-53H2,1-3H3,(H,59,62)/b19-16-,28-25-,31-30-,40-37-. The number of ether oxygens (including phenoxy) is 1. The summed E-state index contributed by atoms with van der Waals surface area (Å²) < 4.78 is 5.93. The molecule has 0 spiro atoms. The minimum Gasteiger partial charge on any atom is -0.462 e. The van der Waals surface area contributed by atoms with Crippen LogP contribution >= 0.6 is 0 Å². The van der Waals surface area contributed by atoms with Crippen LogP contribution in [0.1, 0.15) is 284 Å². The Labute approximate surface area is 397 Å². The molecule has 0 aromatic heterocycles. The lowest BCUT2D eigenvalue weighted by Gasteiger charge is -2.24. The molecule has 0 aliphatic heterocycles. The van der Waals surface area contributed by atoms with Gasteiger partial charge in [0.05, 0.1) is 25.2 Å². The predicted molar refractivity (Wildman–Crippen MR) is 278 cm³/mol. The van der Waals surface area contributed by atoms with Crippen LogP contribution in [0.15, 0.2) is 48.6 Å². The maximum atomic E-state index is 13.2. The van der Waals surface area contributed by atoms with Crippen molar-refractivity contribution >= 4 is 11.9 Å². The van der Waals surface area contributed by atoms with Gasteiger partial charge in [-0.2, -0.15) is 0 Å². The average Bonchev–Trinajstić information content (AvgIpc) is 3.29. The monoisotopic (exact) mass is 898 g/mol. The van der Waals surface area contributed by atoms with E-state index in [0.29, 0.717) is 19.3 Å². The van der Waals surface area contributed by atoms with Crippen molar-refractivity contribution in [1.82, 2.24) is 5.32 Å². The molecule has 3 N–H and O–H groups in total. The molecule has 0 fully saturated rings. The van der Waals surface area contributed by atoms with Gasteiger partial charge in [0.1, 0.15) is 6.10 Å². The first-order valence-corrected chi connectivity index (χ1v) is 27.9. The van der Waals surface area contributed by atoms with E-state index in [1.165, 1.54) is 167 Å². The Hall–Kier alpha value is -2.18. The molecule has 0 aliphatic rings. The van der Waals surface area contributed by atoms with Gasteiger partial charge >= 0.3 is 5.97 Å². The number of rotatable bonds is 50. The second-order valence-electron chi connectivity index (χ2n) is 19.0. The van der Waals surface area contributed by atoms with Gasteiger partial charge in [-0.15, -0.1) is 0 Å². The van der Waals surface area contributed by atoms with Crippen LogP contribution in [0.3, 0.4) is 0 Å². The third-order valence-corrected chi connectivity index (χ3v) is 12.7. The van der Waals surface area contributed by atoms with E-state index in [4.69, 9.17) is 4.74 Å². The van der Waals surface area contributed by atoms with Gasteiger partial charge in [0.2, 0.25) is 5.91 Å². The minimum atomic E-state index is -0.801. The molecule has 0 bridgehead atoms. The van der Waals surface area contributed by atoms with E-state index >= 15 is 0 Å². The number of esters is 1. The number of allylic oxidation sites excluding steroid dienone is 8. The number of aliphatic hydroxyl groups is 2. The number of amides is 1. The lowest BCUT2D eigenvalue weighted by Crippen LogP contribution is -2.46. The van der Waals surface area contributed by atoms with Crippen molar-refractivity contribution in [3.05, 3.63) is 48.6 Å². The summed E-state index contributed by atoms with van der Waals surface area (Å²) >= 11 is 0. The lowest BCUT2D eigenvalue weighted by molar-refractivity contribution is -0.151. The molecule has 1 amide bonds. The van der Waals surface area contributed by atoms with E-state index in [0.717, 1.165) is 70.6 Å². The largest absolute Gasteiger partial charge is 0.462 e. The predicted octanol–water partition coefficient (Wildman–Crippen LogP) is 17.0. The molecule has 374 valence electrons. The highest BCUT2D eigenvalue weighted by Gasteiger charge is 2.24. The van der Waals surface area contributed by atoms with Crippen LogP contribution < -0.4 is 5.32 Å². The maximum absolute atomic E-state index is 13.2. The highest BCUT2D eigenvalue weighted by molar-refractivity contribution is 5.77. The fourth-order valence-corrected chi connectivity index (χ4v) is 8.42. The normalized spacial score (nSPS) is 13.5. The summed E-state index contributed by atoms with van der Waals surface area (Å²) in [6.07, 6.45) is 63.2. The number of unbranched alkanes of at least 4 members (excludes halogenated alkanes) is 30. The van der Waals surface area contributed by atoms with Crippen LogP contribution in [-0.2, 0) is 14.3 Å². The number of nitrogens with one attached hydrogen (secondary N) is 1. The summed E-state index contributed by atoms with van der Waals surface area (Å²) in [4.78, 5) is 26.2. The van der Waals surface area contributed by atoms with Crippen molar-refractivity contribution in [2.75, 3.05) is 6.61 Å². The third kappa shape index (κ3) is 46.4. The molecule has 0 aromatic carbocycles. The average molecular weight is 898 g/mol. The summed E-state index contributed by atoms with van der Waals surface area (Å²) in [6, 6.07) is -0.718. The fourth-order valence-electron chi connectivity index (χ4n) is 8.42. The molecule has 6 heteroatoms. The van der Waals surface area contributed by atoms with Crippen LogP contribution in [0.4, 0.5) is 0 Å². The van der Waals surface area contributed by atoms with E-state index in [1.807, 2.05) is 0 Å². The zero-order valence-corrected chi connectivity index (χ0v) is 42.7. The molecular formula is C58H107NO5. The van der Waals surface area contributed by atoms with Crippen molar-refractivity contribution in [3.8, 4) is 0 Å². The molecular weight excluding hydrogens is 791 g/mol. The van der Waals surface area contributed by atoms with Crippen LogP contribution in [-0.4, -0.2) is 46.9 Å². The smallest absolute Gasteiger partial charge is 0.306 e. The Morgan fingerprint density at radius 3 is 1.23 bits per heavy atom. The number of hydrogen-bond acceptors (Lipinski definition) is 5. The summed E-state index contributed by atoms with van der Waals surface area (Å²) in [6.45, 7) is 6.46. The van der Waals surface area contributed by atoms with Crippen LogP contribution in [0, 0.1) is 0 Å². The quantitative estimate of drug-likeness (QED) is 0.0321. The zero-order chi connectivity index (χ0) is 46.7. The van der Waals surface area contributed by atoms with Gasteiger partial charge in [0.15, 0.2) is 0 Å². The van der Waals surface area contributed by atoms with Gasteiger partial charge < -0.3 is 20.3 Å². The molecule has 0 saturated carbocycles. The maximum Gasteiger partial charge on any atom is 0.306 e. The van der Waals surface area contributed by atoms with Gasteiger partial charge in [-0.1, -0.05) is 256 Å². The highest BCUT2D eigenvalue weighted by atomic mass is 16.5. The molecule has 0 heterocycles. The van der Waals surface area contributed by atoms with Gasteiger partial charge in [-0.25, -0.2) is 0 Å². The number of carbonyl (C=O) groups is 2. The molecule has 3 unspecified atom stereocenters. The van der Waals surface area contributed by atoms with Crippen LogP contribution in [0.2, 0.25) is 0 Å². The first kappa shape index (κ1) is 61.8. The van der Waals surface area contributed by atoms with Crippen LogP contribution in [0.25, 0.3) is 0 Å². The van der Waals surface area contributed by atoms with E-state index in [-0.39, 0.29) is 24.9 Å². The number of carbonyl (C=O) groups excluding carboxylic acids is 2. The highest BCUT2D eigenvalue weighted by Crippen LogP contribution is 2.18. The summed E-state index contributed by atoms with van der Waals surface area (Å²) in [7, 11) is 0. The SMILES string of the molecule is CCCCC/C=C\C/C=C\C/C=C\C/C=C\CCCC(CC(=O)NC(CO)C(O)CCCCCCCCCCCCCCCC)OC(=O)CCCCCCCCCCCCCCCC. The molecule has 3 atom stereocenters. The van der Waals surface area contributed by atoms with E-state index in [9.17, 15) is 19.8 Å². The van der Waals surface area contributed by atoms with Gasteiger partial charge in [0.25, 0.3) is 0 Å². The molecule has 0 aliphatic carbocycles. The molecule has 0 aromatic rings. The summed E-state index contributed by atoms with van der Waals surface area (Å²) in [5, 5.41) is 23.8. The Morgan fingerprint density at radius 2 is 0.812 bits per heavy atom. The van der Waals surface area contributed by atoms with Crippen molar-refractivity contribution in [2.24, 2.45) is 0 Å². The lowest BCUT2D eigenvalue weighted by atomic mass is 10.0. The number of aliphatic hydroxyl groups excluding tert-OH is 2. The van der Waals surface area contributed by atoms with E-state index < -0.39 is 18.2 Å². The molecule has 6 nitrogen and oxygen atoms in total. The van der Waals surface area contributed by atoms with Crippen molar-refractivity contribution in [2.45, 2.75) is 302 Å². The Morgan fingerprint density at radius 1 is 0.453 bits per heavy atom. The van der Waals surface area contributed by atoms with Crippen molar-refractivity contribution < 1.29 is 24.5 Å². The Balaban J connectivity index is 4.65. The van der Waals surface area contributed by atoms with Crippen molar-refractivity contribution in [1.29, 1.82) is 0 Å². The third-order valence-electron chi connectivity index (χ3n) is 12.7. The Kier molecular flexibility index (Phi) is 50.0. The zero-order valence-electron chi connectivity index (χ0n) is 42.7. The second-order valence-corrected chi connectivity index (χ2v) is 19.0. The van der Waals surface area contributed by atoms with Gasteiger partial charge in [-0.05, 0) is 64.2 Å². The first-order chi connectivity index (χ1) is 31.5. The fraction of sp³-hybridized carbons (Fsp3) is 0.828.